The number of carboxylic acids is 1. The molecule has 1 aromatic heterocycles. The van der Waals surface area contributed by atoms with Crippen molar-refractivity contribution in [2.75, 3.05) is 0 Å². The van der Waals surface area contributed by atoms with Crippen LogP contribution in [0.25, 0.3) is 11.0 Å². The van der Waals surface area contributed by atoms with Crippen molar-refractivity contribution in [3.05, 3.63) is 74.6 Å². The van der Waals surface area contributed by atoms with Crippen LogP contribution in [0, 0.1) is 13.8 Å². The van der Waals surface area contributed by atoms with Crippen LogP contribution in [0.2, 0.25) is 0 Å². The Bertz CT molecular complexity index is 1160. The highest BCUT2D eigenvalue weighted by Crippen LogP contribution is 2.32. The number of benzene rings is 2. The van der Waals surface area contributed by atoms with Crippen molar-refractivity contribution < 1.29 is 32.2 Å². The molecule has 158 valence electrons. The van der Waals surface area contributed by atoms with E-state index in [2.05, 4.69) is 0 Å². The summed E-state index contributed by atoms with van der Waals surface area (Å²) in [6, 6.07) is 8.15. The molecule has 0 aliphatic rings. The van der Waals surface area contributed by atoms with Gasteiger partial charge in [-0.15, -0.1) is 0 Å². The molecular weight excluding hydrogens is 401 g/mol. The summed E-state index contributed by atoms with van der Waals surface area (Å²) in [5.41, 5.74) is 0.629. The molecule has 0 saturated carbocycles. The Morgan fingerprint density at radius 3 is 2.53 bits per heavy atom. The molecule has 0 bridgehead atoms. The van der Waals surface area contributed by atoms with Crippen LogP contribution in [0.1, 0.15) is 34.2 Å². The van der Waals surface area contributed by atoms with Crippen LogP contribution < -0.4 is 15.5 Å². The average Bonchev–Trinajstić information content (AvgIpc) is 2.67. The molecule has 0 atom stereocenters. The fourth-order valence-corrected chi connectivity index (χ4v) is 3.24. The molecule has 5 nitrogen and oxygen atoms in total. The summed E-state index contributed by atoms with van der Waals surface area (Å²) >= 11 is 0. The molecule has 1 heterocycles. The number of hydrogen-bond acceptors (Lipinski definition) is 5. The maximum absolute atomic E-state index is 12.9. The zero-order valence-electron chi connectivity index (χ0n) is 16.3. The highest BCUT2D eigenvalue weighted by atomic mass is 19.4. The van der Waals surface area contributed by atoms with E-state index in [-0.39, 0.29) is 30.6 Å². The Kier molecular flexibility index (Phi) is 5.87. The third-order valence-corrected chi connectivity index (χ3v) is 4.88. The lowest BCUT2D eigenvalue weighted by molar-refractivity contribution is -0.305. The molecule has 3 aromatic rings. The van der Waals surface area contributed by atoms with Crippen LogP contribution >= 0.6 is 0 Å². The summed E-state index contributed by atoms with van der Waals surface area (Å²) in [5, 5.41) is 11.3. The molecule has 8 heteroatoms. The van der Waals surface area contributed by atoms with Gasteiger partial charge in [-0.1, -0.05) is 12.1 Å². The highest BCUT2D eigenvalue weighted by molar-refractivity contribution is 5.85. The lowest BCUT2D eigenvalue weighted by atomic mass is 10.0. The number of alkyl halides is 3. The molecule has 0 amide bonds. The Morgan fingerprint density at radius 2 is 1.87 bits per heavy atom. The van der Waals surface area contributed by atoms with E-state index < -0.39 is 23.3 Å². The third kappa shape index (κ3) is 4.48. The summed E-state index contributed by atoms with van der Waals surface area (Å²) in [6.45, 7) is 3.28. The van der Waals surface area contributed by atoms with Crippen molar-refractivity contribution in [1.29, 1.82) is 0 Å². The van der Waals surface area contributed by atoms with Gasteiger partial charge in [-0.05, 0) is 62.1 Å². The van der Waals surface area contributed by atoms with Gasteiger partial charge in [0.15, 0.2) is 0 Å². The zero-order chi connectivity index (χ0) is 22.1. The fourth-order valence-electron chi connectivity index (χ4n) is 3.24. The number of aryl methyl sites for hydroxylation is 2. The second kappa shape index (κ2) is 8.22. The number of ether oxygens (including phenoxy) is 1. The molecule has 0 radical (unpaired) electrons. The predicted octanol–water partition coefficient (Wildman–Crippen LogP) is 3.69. The molecule has 0 spiro atoms. The highest BCUT2D eigenvalue weighted by Gasteiger charge is 2.30. The third-order valence-electron chi connectivity index (χ3n) is 4.88. The maximum Gasteiger partial charge on any atom is 0.416 e. The molecule has 3 rings (SSSR count). The summed E-state index contributed by atoms with van der Waals surface area (Å²) in [7, 11) is 0. The normalized spacial score (nSPS) is 11.6. The lowest BCUT2D eigenvalue weighted by Gasteiger charge is -2.14. The van der Waals surface area contributed by atoms with Crippen LogP contribution in [0.3, 0.4) is 0 Å². The van der Waals surface area contributed by atoms with Crippen molar-refractivity contribution in [2.24, 2.45) is 0 Å². The SMILES string of the molecule is Cc1c(CCC(=O)[O-])c(=O)oc2c(C)c(OCc3cccc(C(F)(F)F)c3)ccc12. The van der Waals surface area contributed by atoms with Crippen molar-refractivity contribution >= 4 is 16.9 Å². The van der Waals surface area contributed by atoms with E-state index in [0.717, 1.165) is 12.1 Å². The van der Waals surface area contributed by atoms with Gasteiger partial charge in [-0.3, -0.25) is 0 Å². The van der Waals surface area contributed by atoms with Crippen LogP contribution in [-0.2, 0) is 24.0 Å². The second-order valence-corrected chi connectivity index (χ2v) is 6.92. The topological polar surface area (TPSA) is 79.6 Å². The van der Waals surface area contributed by atoms with Crippen molar-refractivity contribution in [3.63, 3.8) is 0 Å². The number of carbonyl (C=O) groups excluding carboxylic acids is 1. The standard InChI is InChI=1S/C22H19F3O5/c1-12-16-6-8-18(29-11-14-4-3-5-15(10-14)22(23,24)25)13(2)20(16)30-21(28)17(12)7-9-19(26)27/h3-6,8,10H,7,9,11H2,1-2H3,(H,26,27)/p-1. The van der Waals surface area contributed by atoms with Gasteiger partial charge in [0.2, 0.25) is 0 Å². The van der Waals surface area contributed by atoms with E-state index in [4.69, 9.17) is 9.15 Å². The first-order valence-electron chi connectivity index (χ1n) is 9.12. The summed E-state index contributed by atoms with van der Waals surface area (Å²) in [5.74, 6) is -0.895. The van der Waals surface area contributed by atoms with Crippen molar-refractivity contribution in [3.8, 4) is 5.75 Å². The summed E-state index contributed by atoms with van der Waals surface area (Å²) < 4.78 is 49.6. The first-order valence-corrected chi connectivity index (χ1v) is 9.12. The van der Waals surface area contributed by atoms with Gasteiger partial charge in [0.25, 0.3) is 0 Å². The van der Waals surface area contributed by atoms with E-state index in [1.54, 1.807) is 26.0 Å². The van der Waals surface area contributed by atoms with Crippen molar-refractivity contribution in [2.45, 2.75) is 39.5 Å². The summed E-state index contributed by atoms with van der Waals surface area (Å²) in [6.07, 6.45) is -4.74. The van der Waals surface area contributed by atoms with Crippen LogP contribution in [0.4, 0.5) is 13.2 Å². The second-order valence-electron chi connectivity index (χ2n) is 6.92. The summed E-state index contributed by atoms with van der Waals surface area (Å²) in [4.78, 5) is 23.0. The van der Waals surface area contributed by atoms with Gasteiger partial charge in [0, 0.05) is 22.5 Å². The van der Waals surface area contributed by atoms with Gasteiger partial charge >= 0.3 is 11.8 Å². The van der Waals surface area contributed by atoms with E-state index in [1.807, 2.05) is 0 Å². The molecule has 2 aromatic carbocycles. The molecule has 0 unspecified atom stereocenters. The number of carboxylic acid groups (broad SMARTS) is 1. The van der Waals surface area contributed by atoms with Crippen LogP contribution in [0.5, 0.6) is 5.75 Å². The lowest BCUT2D eigenvalue weighted by Crippen LogP contribution is -2.24. The first kappa shape index (κ1) is 21.4. The van der Waals surface area contributed by atoms with Gasteiger partial charge in [0.05, 0.1) is 5.56 Å². The number of aliphatic carboxylic acids is 1. The molecule has 0 fully saturated rings. The number of halogens is 3. The van der Waals surface area contributed by atoms with Gasteiger partial charge < -0.3 is 19.1 Å². The van der Waals surface area contributed by atoms with Crippen LogP contribution in [-0.4, -0.2) is 5.97 Å². The van der Waals surface area contributed by atoms with E-state index in [1.165, 1.54) is 12.1 Å². The number of fused-ring (bicyclic) bond motifs is 1. The maximum atomic E-state index is 12.9. The van der Waals surface area contributed by atoms with Gasteiger partial charge in [-0.2, -0.15) is 13.2 Å². The molecule has 0 aliphatic heterocycles. The number of rotatable bonds is 6. The molecule has 30 heavy (non-hydrogen) atoms. The fraction of sp³-hybridized carbons (Fsp3) is 0.273. The van der Waals surface area contributed by atoms with E-state index in [0.29, 0.717) is 27.8 Å². The minimum atomic E-state index is -4.44. The minimum Gasteiger partial charge on any atom is -0.550 e. The zero-order valence-corrected chi connectivity index (χ0v) is 16.3. The largest absolute Gasteiger partial charge is 0.550 e. The molecule has 0 saturated heterocycles. The van der Waals surface area contributed by atoms with Gasteiger partial charge in [0.1, 0.15) is 17.9 Å². The van der Waals surface area contributed by atoms with E-state index in [9.17, 15) is 27.9 Å². The monoisotopic (exact) mass is 419 g/mol. The Morgan fingerprint density at radius 1 is 1.13 bits per heavy atom. The smallest absolute Gasteiger partial charge is 0.416 e. The molecule has 0 N–H and O–H groups in total. The predicted molar refractivity (Wildman–Crippen MR) is 101 cm³/mol. The molecular formula is C22H18F3O5-. The Balaban J connectivity index is 1.90. The first-order chi connectivity index (χ1) is 14.1. The number of hydrogen-bond donors (Lipinski definition) is 0. The van der Waals surface area contributed by atoms with Crippen LogP contribution in [0.15, 0.2) is 45.6 Å². The Labute approximate surface area is 169 Å². The van der Waals surface area contributed by atoms with Gasteiger partial charge in [-0.25, -0.2) is 4.79 Å². The quantitative estimate of drug-likeness (QED) is 0.570. The van der Waals surface area contributed by atoms with E-state index >= 15 is 0 Å². The number of carbonyl (C=O) groups is 1. The average molecular weight is 419 g/mol. The Hall–Kier alpha value is -3.29. The van der Waals surface area contributed by atoms with Crippen molar-refractivity contribution in [1.82, 2.24) is 0 Å². The molecule has 0 aliphatic carbocycles. The minimum absolute atomic E-state index is 0.000709.